The molecule has 2 rings (SSSR count). The van der Waals surface area contributed by atoms with Crippen molar-refractivity contribution in [2.45, 2.75) is 0 Å². The molecule has 1 heterocycles. The fraction of sp³-hybridized carbons (Fsp3) is 0. The molecule has 0 unspecified atom stereocenters. The molecule has 92 valence electrons. The van der Waals surface area contributed by atoms with E-state index in [-0.39, 0.29) is 16.0 Å². The van der Waals surface area contributed by atoms with Crippen molar-refractivity contribution in [3.63, 3.8) is 0 Å². The Morgan fingerprint density at radius 2 is 2.22 bits per heavy atom. The standard InChI is InChI=1S/C11H8ClN3O2S/c12-6-2-1-3-7(4-6)13-10-8(11(16)17)5-9(18)14-15-10/h1-5H,(H,13,15)(H,14,18)(H,16,17). The van der Waals surface area contributed by atoms with Crippen LogP contribution in [0.1, 0.15) is 10.4 Å². The maximum Gasteiger partial charge on any atom is 0.339 e. The predicted octanol–water partition coefficient (Wildman–Crippen LogP) is 3.23. The minimum atomic E-state index is -1.10. The maximum atomic E-state index is 11.1. The molecule has 1 aromatic heterocycles. The van der Waals surface area contributed by atoms with E-state index in [0.717, 1.165) is 0 Å². The molecule has 7 heteroatoms. The van der Waals surface area contributed by atoms with Crippen LogP contribution in [-0.4, -0.2) is 21.3 Å². The first-order valence-electron chi connectivity index (χ1n) is 4.92. The van der Waals surface area contributed by atoms with Crippen LogP contribution >= 0.6 is 23.8 Å². The molecule has 0 spiro atoms. The molecule has 3 N–H and O–H groups in total. The first kappa shape index (κ1) is 12.5. The Morgan fingerprint density at radius 3 is 2.89 bits per heavy atom. The van der Waals surface area contributed by atoms with Gasteiger partial charge >= 0.3 is 5.97 Å². The number of aromatic nitrogens is 2. The van der Waals surface area contributed by atoms with Crippen molar-refractivity contribution in [3.05, 3.63) is 45.6 Å². The van der Waals surface area contributed by atoms with E-state index in [1.54, 1.807) is 24.3 Å². The topological polar surface area (TPSA) is 78.0 Å². The Morgan fingerprint density at radius 1 is 1.44 bits per heavy atom. The lowest BCUT2D eigenvalue weighted by Crippen LogP contribution is -2.06. The summed E-state index contributed by atoms with van der Waals surface area (Å²) in [5, 5.41) is 18.9. The fourth-order valence-corrected chi connectivity index (χ4v) is 1.72. The molecular weight excluding hydrogens is 274 g/mol. The van der Waals surface area contributed by atoms with Crippen LogP contribution in [0.15, 0.2) is 30.3 Å². The summed E-state index contributed by atoms with van der Waals surface area (Å²) in [6.45, 7) is 0. The molecule has 1 aromatic carbocycles. The van der Waals surface area contributed by atoms with Gasteiger partial charge in [0.2, 0.25) is 0 Å². The number of hydrogen-bond acceptors (Lipinski definition) is 4. The van der Waals surface area contributed by atoms with E-state index in [2.05, 4.69) is 15.5 Å². The molecule has 0 aliphatic heterocycles. The van der Waals surface area contributed by atoms with Crippen molar-refractivity contribution < 1.29 is 9.90 Å². The molecule has 2 aromatic rings. The molecule has 0 aliphatic carbocycles. The number of anilines is 2. The average Bonchev–Trinajstić information content (AvgIpc) is 2.31. The quantitative estimate of drug-likeness (QED) is 0.753. The Bertz CT molecular complexity index is 657. The van der Waals surface area contributed by atoms with Crippen LogP contribution in [0, 0.1) is 4.64 Å². The summed E-state index contributed by atoms with van der Waals surface area (Å²) in [4.78, 5) is 11.1. The largest absolute Gasteiger partial charge is 0.478 e. The highest BCUT2D eigenvalue weighted by atomic mass is 35.5. The summed E-state index contributed by atoms with van der Waals surface area (Å²) in [6, 6.07) is 8.21. The first-order chi connectivity index (χ1) is 8.56. The van der Waals surface area contributed by atoms with Gasteiger partial charge < -0.3 is 10.4 Å². The third-order valence-electron chi connectivity index (χ3n) is 2.13. The summed E-state index contributed by atoms with van der Waals surface area (Å²) < 4.78 is 0.254. The lowest BCUT2D eigenvalue weighted by atomic mass is 10.2. The summed E-state index contributed by atoms with van der Waals surface area (Å²) >= 11 is 10.7. The van der Waals surface area contributed by atoms with Crippen molar-refractivity contribution in [1.82, 2.24) is 10.2 Å². The van der Waals surface area contributed by atoms with Crippen LogP contribution in [0.4, 0.5) is 11.5 Å². The van der Waals surface area contributed by atoms with Crippen LogP contribution in [0.25, 0.3) is 0 Å². The molecule has 0 amide bonds. The van der Waals surface area contributed by atoms with Gasteiger partial charge in [0.15, 0.2) is 5.82 Å². The maximum absolute atomic E-state index is 11.1. The summed E-state index contributed by atoms with van der Waals surface area (Å²) in [6.07, 6.45) is 0. The van der Waals surface area contributed by atoms with Gasteiger partial charge in [-0.25, -0.2) is 4.79 Å². The molecule has 18 heavy (non-hydrogen) atoms. The summed E-state index contributed by atoms with van der Waals surface area (Å²) in [5.41, 5.74) is 0.641. The van der Waals surface area contributed by atoms with Gasteiger partial charge in [0, 0.05) is 10.7 Å². The van der Waals surface area contributed by atoms with Gasteiger partial charge in [-0.05, 0) is 24.3 Å². The number of aromatic carboxylic acids is 1. The number of aromatic amines is 1. The molecule has 0 aliphatic rings. The number of rotatable bonds is 3. The van der Waals surface area contributed by atoms with Crippen molar-refractivity contribution in [1.29, 1.82) is 0 Å². The Hall–Kier alpha value is -1.92. The van der Waals surface area contributed by atoms with E-state index in [1.165, 1.54) is 6.07 Å². The molecule has 0 saturated carbocycles. The first-order valence-corrected chi connectivity index (χ1v) is 5.70. The normalized spacial score (nSPS) is 10.1. The molecule has 0 radical (unpaired) electrons. The predicted molar refractivity (Wildman–Crippen MR) is 71.1 cm³/mol. The highest BCUT2D eigenvalue weighted by Gasteiger charge is 2.11. The highest BCUT2D eigenvalue weighted by molar-refractivity contribution is 7.71. The van der Waals surface area contributed by atoms with E-state index in [4.69, 9.17) is 28.9 Å². The van der Waals surface area contributed by atoms with Crippen molar-refractivity contribution in [3.8, 4) is 0 Å². The SMILES string of the molecule is O=C(O)c1cc(=S)[nH]nc1Nc1cccc(Cl)c1. The van der Waals surface area contributed by atoms with Gasteiger partial charge in [-0.15, -0.1) is 0 Å². The molecule has 0 atom stereocenters. The van der Waals surface area contributed by atoms with Crippen LogP contribution < -0.4 is 5.32 Å². The second-order valence-corrected chi connectivity index (χ2v) is 4.31. The monoisotopic (exact) mass is 281 g/mol. The number of nitrogens with zero attached hydrogens (tertiary/aromatic N) is 1. The zero-order valence-corrected chi connectivity index (χ0v) is 10.5. The third kappa shape index (κ3) is 2.85. The van der Waals surface area contributed by atoms with Gasteiger partial charge in [-0.1, -0.05) is 29.9 Å². The van der Waals surface area contributed by atoms with E-state index in [9.17, 15) is 4.79 Å². The van der Waals surface area contributed by atoms with E-state index in [1.807, 2.05) is 0 Å². The fourth-order valence-electron chi connectivity index (χ4n) is 1.36. The number of nitrogens with one attached hydrogen (secondary N) is 2. The summed E-state index contributed by atoms with van der Waals surface area (Å²) in [7, 11) is 0. The number of benzene rings is 1. The minimum Gasteiger partial charge on any atom is -0.478 e. The Balaban J connectivity index is 2.40. The van der Waals surface area contributed by atoms with E-state index < -0.39 is 5.97 Å². The van der Waals surface area contributed by atoms with Crippen molar-refractivity contribution in [2.75, 3.05) is 5.32 Å². The van der Waals surface area contributed by atoms with Gasteiger partial charge in [-0.2, -0.15) is 5.10 Å². The van der Waals surface area contributed by atoms with Crippen LogP contribution in [-0.2, 0) is 0 Å². The van der Waals surface area contributed by atoms with Crippen molar-refractivity contribution in [2.24, 2.45) is 0 Å². The number of carboxylic acids is 1. The third-order valence-corrected chi connectivity index (χ3v) is 2.57. The Labute approximate surface area is 112 Å². The number of hydrogen-bond donors (Lipinski definition) is 3. The van der Waals surface area contributed by atoms with E-state index >= 15 is 0 Å². The van der Waals surface area contributed by atoms with E-state index in [0.29, 0.717) is 10.7 Å². The zero-order valence-electron chi connectivity index (χ0n) is 8.98. The minimum absolute atomic E-state index is 0.00118. The molecule has 0 fully saturated rings. The molecule has 0 bridgehead atoms. The second kappa shape index (κ2) is 5.16. The average molecular weight is 282 g/mol. The zero-order chi connectivity index (χ0) is 13.1. The second-order valence-electron chi connectivity index (χ2n) is 3.43. The lowest BCUT2D eigenvalue weighted by Gasteiger charge is -2.08. The number of carboxylic acid groups (broad SMARTS) is 1. The van der Waals surface area contributed by atoms with Gasteiger partial charge in [-0.3, -0.25) is 5.10 Å². The van der Waals surface area contributed by atoms with Crippen LogP contribution in [0.2, 0.25) is 5.02 Å². The summed E-state index contributed by atoms with van der Waals surface area (Å²) in [5.74, 6) is -0.925. The number of halogens is 1. The van der Waals surface area contributed by atoms with Crippen LogP contribution in [0.3, 0.4) is 0 Å². The molecular formula is C11H8ClN3O2S. The molecule has 5 nitrogen and oxygen atoms in total. The number of carbonyl (C=O) groups is 1. The van der Waals surface area contributed by atoms with Crippen LogP contribution in [0.5, 0.6) is 0 Å². The lowest BCUT2D eigenvalue weighted by molar-refractivity contribution is 0.0697. The van der Waals surface area contributed by atoms with Crippen molar-refractivity contribution >= 4 is 41.3 Å². The number of H-pyrrole nitrogens is 1. The highest BCUT2D eigenvalue weighted by Crippen LogP contribution is 2.20. The van der Waals surface area contributed by atoms with Gasteiger partial charge in [0.05, 0.1) is 0 Å². The Kier molecular flexibility index (Phi) is 3.59. The molecule has 0 saturated heterocycles. The van der Waals surface area contributed by atoms with Gasteiger partial charge in [0.1, 0.15) is 10.2 Å². The smallest absolute Gasteiger partial charge is 0.339 e. The van der Waals surface area contributed by atoms with Gasteiger partial charge in [0.25, 0.3) is 0 Å².